The lowest BCUT2D eigenvalue weighted by Gasteiger charge is -2.12. The number of allylic oxidation sites excluding steroid dienone is 4. The molecular weight excluding hydrogens is 528 g/mol. The summed E-state index contributed by atoms with van der Waals surface area (Å²) in [6.45, 7) is 4.05. The lowest BCUT2D eigenvalue weighted by Crippen LogP contribution is -2.25. The van der Waals surface area contributed by atoms with E-state index in [0.29, 0.717) is 19.3 Å². The minimum absolute atomic E-state index is 0.133. The average molecular weight is 593 g/mol. The maximum absolute atomic E-state index is 11.9. The normalized spacial score (nSPS) is 13.3. The summed E-state index contributed by atoms with van der Waals surface area (Å²) in [4.78, 5) is 23.8. The van der Waals surface area contributed by atoms with Crippen LogP contribution in [-0.2, 0) is 19.1 Å². The third-order valence-corrected chi connectivity index (χ3v) is 7.22. The molecule has 1 unspecified atom stereocenters. The van der Waals surface area contributed by atoms with Gasteiger partial charge in [0, 0.05) is 12.8 Å². The fourth-order valence-electron chi connectivity index (χ4n) is 4.59. The maximum atomic E-state index is 11.9. The molecule has 0 amide bonds. The SMILES string of the molecule is CC/C=C/CC(O)/C=C/C=C/CCCCCCCC(=O)OC[C@@H](O)COC(=O)CCCCCCCCCCCCCC. The van der Waals surface area contributed by atoms with E-state index in [1.807, 2.05) is 24.3 Å². The van der Waals surface area contributed by atoms with Crippen LogP contribution in [0.3, 0.4) is 0 Å². The van der Waals surface area contributed by atoms with Crippen molar-refractivity contribution in [3.63, 3.8) is 0 Å². The van der Waals surface area contributed by atoms with Crippen LogP contribution >= 0.6 is 0 Å². The number of carbonyl (C=O) groups excluding carboxylic acids is 2. The molecule has 0 saturated carbocycles. The van der Waals surface area contributed by atoms with Gasteiger partial charge in [-0.3, -0.25) is 9.59 Å². The number of hydrogen-bond donors (Lipinski definition) is 2. The van der Waals surface area contributed by atoms with E-state index in [-0.39, 0.29) is 25.2 Å². The van der Waals surface area contributed by atoms with Gasteiger partial charge in [-0.1, -0.05) is 140 Å². The molecule has 0 heterocycles. The summed E-state index contributed by atoms with van der Waals surface area (Å²) in [5, 5.41) is 19.7. The van der Waals surface area contributed by atoms with Gasteiger partial charge in [0.05, 0.1) is 6.10 Å². The van der Waals surface area contributed by atoms with Gasteiger partial charge in [-0.25, -0.2) is 0 Å². The second-order valence-electron chi connectivity index (χ2n) is 11.5. The fraction of sp³-hybridized carbons (Fsp3) is 0.778. The molecule has 244 valence electrons. The number of hydrogen-bond acceptors (Lipinski definition) is 6. The lowest BCUT2D eigenvalue weighted by atomic mass is 10.0. The quantitative estimate of drug-likeness (QED) is 0.0374. The van der Waals surface area contributed by atoms with Crippen molar-refractivity contribution in [1.82, 2.24) is 0 Å². The van der Waals surface area contributed by atoms with Gasteiger partial charge in [0.1, 0.15) is 19.3 Å². The molecule has 0 fully saturated rings. The Morgan fingerprint density at radius 3 is 1.57 bits per heavy atom. The molecule has 0 aromatic rings. The molecule has 0 radical (unpaired) electrons. The zero-order valence-electron chi connectivity index (χ0n) is 27.1. The van der Waals surface area contributed by atoms with Gasteiger partial charge in [-0.15, -0.1) is 0 Å². The summed E-state index contributed by atoms with van der Waals surface area (Å²) in [5.74, 6) is -0.618. The summed E-state index contributed by atoms with van der Waals surface area (Å²) >= 11 is 0. The van der Waals surface area contributed by atoms with Gasteiger partial charge < -0.3 is 19.7 Å². The van der Waals surface area contributed by atoms with Crippen molar-refractivity contribution in [2.45, 2.75) is 167 Å². The van der Waals surface area contributed by atoms with Crippen molar-refractivity contribution in [1.29, 1.82) is 0 Å². The molecule has 0 aliphatic rings. The van der Waals surface area contributed by atoms with Crippen LogP contribution in [0.15, 0.2) is 36.5 Å². The first kappa shape index (κ1) is 40.1. The standard InChI is InChI=1S/C36H64O6/c1-3-5-7-8-9-10-11-12-15-18-21-25-29-35(39)41-31-34(38)32-42-36(40)30-26-22-19-16-13-14-17-20-24-28-33(37)27-23-6-4-2/h6,17,20,23-24,28,33-34,37-38H,3-5,7-16,18-19,21-22,25-27,29-32H2,1-2H3/b20-17+,23-6+,28-24+/t33?,34-/m0/s1. The zero-order valence-corrected chi connectivity index (χ0v) is 27.1. The number of aliphatic hydroxyl groups is 2. The average Bonchev–Trinajstić information content (AvgIpc) is 2.98. The molecule has 0 aromatic carbocycles. The third-order valence-electron chi connectivity index (χ3n) is 7.22. The molecule has 0 rings (SSSR count). The molecule has 2 N–H and O–H groups in total. The largest absolute Gasteiger partial charge is 0.463 e. The van der Waals surface area contributed by atoms with Crippen molar-refractivity contribution in [3.8, 4) is 0 Å². The topological polar surface area (TPSA) is 93.1 Å². The van der Waals surface area contributed by atoms with Gasteiger partial charge in [-0.05, 0) is 38.5 Å². The number of carbonyl (C=O) groups is 2. The minimum atomic E-state index is -0.982. The Hall–Kier alpha value is -1.92. The fourth-order valence-corrected chi connectivity index (χ4v) is 4.59. The molecule has 0 spiro atoms. The smallest absolute Gasteiger partial charge is 0.305 e. The van der Waals surface area contributed by atoms with Crippen LogP contribution in [0.25, 0.3) is 0 Å². The highest BCUT2D eigenvalue weighted by Crippen LogP contribution is 2.13. The summed E-state index contributed by atoms with van der Waals surface area (Å²) in [5.41, 5.74) is 0. The number of ether oxygens (including phenoxy) is 2. The highest BCUT2D eigenvalue weighted by Gasteiger charge is 2.12. The van der Waals surface area contributed by atoms with Crippen LogP contribution in [0, 0.1) is 0 Å². The van der Waals surface area contributed by atoms with Crippen molar-refractivity contribution in [2.24, 2.45) is 0 Å². The number of rotatable bonds is 30. The summed E-state index contributed by atoms with van der Waals surface area (Å²) in [6, 6.07) is 0. The summed E-state index contributed by atoms with van der Waals surface area (Å²) in [6.07, 6.45) is 33.8. The zero-order chi connectivity index (χ0) is 30.9. The second kappa shape index (κ2) is 32.0. The molecule has 0 aliphatic carbocycles. The van der Waals surface area contributed by atoms with Crippen molar-refractivity contribution < 1.29 is 29.3 Å². The monoisotopic (exact) mass is 592 g/mol. The van der Waals surface area contributed by atoms with E-state index in [0.717, 1.165) is 64.2 Å². The highest BCUT2D eigenvalue weighted by atomic mass is 16.6. The van der Waals surface area contributed by atoms with E-state index >= 15 is 0 Å². The minimum Gasteiger partial charge on any atom is -0.463 e. The Morgan fingerprint density at radius 2 is 1.07 bits per heavy atom. The molecule has 0 aromatic heterocycles. The molecule has 2 atom stereocenters. The van der Waals surface area contributed by atoms with Gasteiger partial charge >= 0.3 is 11.9 Å². The predicted molar refractivity (Wildman–Crippen MR) is 174 cm³/mol. The van der Waals surface area contributed by atoms with E-state index in [1.165, 1.54) is 57.8 Å². The Morgan fingerprint density at radius 1 is 0.595 bits per heavy atom. The van der Waals surface area contributed by atoms with Crippen LogP contribution in [0.1, 0.15) is 155 Å². The Bertz CT molecular complexity index is 699. The molecule has 0 saturated heterocycles. The lowest BCUT2D eigenvalue weighted by molar-refractivity contribution is -0.152. The summed E-state index contributed by atoms with van der Waals surface area (Å²) < 4.78 is 10.3. The van der Waals surface area contributed by atoms with Crippen LogP contribution in [0.5, 0.6) is 0 Å². The van der Waals surface area contributed by atoms with Gasteiger partial charge in [0.2, 0.25) is 0 Å². The molecule has 6 nitrogen and oxygen atoms in total. The van der Waals surface area contributed by atoms with Crippen LogP contribution in [0.4, 0.5) is 0 Å². The van der Waals surface area contributed by atoms with Gasteiger partial charge in [-0.2, -0.15) is 0 Å². The van der Waals surface area contributed by atoms with Crippen LogP contribution < -0.4 is 0 Å². The van der Waals surface area contributed by atoms with E-state index in [4.69, 9.17) is 9.47 Å². The van der Waals surface area contributed by atoms with Crippen LogP contribution in [0.2, 0.25) is 0 Å². The molecule has 6 heteroatoms. The van der Waals surface area contributed by atoms with Crippen molar-refractivity contribution >= 4 is 11.9 Å². The Balaban J connectivity index is 3.53. The Kier molecular flexibility index (Phi) is 30.5. The van der Waals surface area contributed by atoms with Crippen LogP contribution in [-0.4, -0.2) is 47.6 Å². The predicted octanol–water partition coefficient (Wildman–Crippen LogP) is 9.09. The molecular formula is C36H64O6. The molecule has 0 aliphatic heterocycles. The first-order valence-electron chi connectivity index (χ1n) is 17.1. The van der Waals surface area contributed by atoms with E-state index in [9.17, 15) is 19.8 Å². The van der Waals surface area contributed by atoms with Crippen molar-refractivity contribution in [2.75, 3.05) is 13.2 Å². The van der Waals surface area contributed by atoms with Crippen molar-refractivity contribution in [3.05, 3.63) is 36.5 Å². The molecule has 0 bridgehead atoms. The van der Waals surface area contributed by atoms with E-state index < -0.39 is 12.2 Å². The van der Waals surface area contributed by atoms with Gasteiger partial charge in [0.15, 0.2) is 0 Å². The highest BCUT2D eigenvalue weighted by molar-refractivity contribution is 5.69. The maximum Gasteiger partial charge on any atom is 0.305 e. The number of esters is 2. The van der Waals surface area contributed by atoms with E-state index in [2.05, 4.69) is 26.0 Å². The van der Waals surface area contributed by atoms with E-state index in [1.54, 1.807) is 0 Å². The Labute approximate surface area is 258 Å². The first-order valence-corrected chi connectivity index (χ1v) is 17.1. The van der Waals surface area contributed by atoms with Gasteiger partial charge in [0.25, 0.3) is 0 Å². The first-order chi connectivity index (χ1) is 20.5. The summed E-state index contributed by atoms with van der Waals surface area (Å²) in [7, 11) is 0. The number of aliphatic hydroxyl groups excluding tert-OH is 2. The third kappa shape index (κ3) is 31.0. The number of unbranched alkanes of at least 4 members (excludes halogenated alkanes) is 16. The molecule has 42 heavy (non-hydrogen) atoms. The second-order valence-corrected chi connectivity index (χ2v) is 11.5.